The van der Waals surface area contributed by atoms with Gasteiger partial charge in [0.2, 0.25) is 5.91 Å². The second-order valence-electron chi connectivity index (χ2n) is 7.38. The van der Waals surface area contributed by atoms with Crippen molar-refractivity contribution in [2.75, 3.05) is 5.32 Å². The number of amides is 2. The number of fused-ring (bicyclic) bond motifs is 1. The number of benzene rings is 2. The van der Waals surface area contributed by atoms with Crippen LogP contribution < -0.4 is 11.1 Å². The zero-order valence-electron chi connectivity index (χ0n) is 16.2. The standard InChI is InChI=1S/C24H24N2O2S/c25-22(27)21-18-14-8-3-9-15-19(18)29-24(21)26-23(28)20(16-10-4-1-5-11-16)17-12-6-2-7-13-17/h1-2,4-7,10-13,20H,3,8-9,14-15H2,(H2,25,27)(H,26,28). The van der Waals surface area contributed by atoms with Crippen LogP contribution in [0.2, 0.25) is 0 Å². The molecule has 0 saturated heterocycles. The molecular weight excluding hydrogens is 380 g/mol. The number of primary amides is 1. The molecule has 0 fully saturated rings. The van der Waals surface area contributed by atoms with Crippen molar-refractivity contribution in [3.8, 4) is 0 Å². The molecule has 0 radical (unpaired) electrons. The van der Waals surface area contributed by atoms with Crippen LogP contribution in [0.25, 0.3) is 0 Å². The van der Waals surface area contributed by atoms with Crippen LogP contribution in [0.15, 0.2) is 60.7 Å². The molecule has 4 rings (SSSR count). The maximum Gasteiger partial charge on any atom is 0.251 e. The van der Waals surface area contributed by atoms with Crippen LogP contribution in [-0.4, -0.2) is 11.8 Å². The number of nitrogens with two attached hydrogens (primary N) is 1. The van der Waals surface area contributed by atoms with Gasteiger partial charge in [-0.1, -0.05) is 67.1 Å². The van der Waals surface area contributed by atoms with Crippen LogP contribution in [0.3, 0.4) is 0 Å². The molecule has 29 heavy (non-hydrogen) atoms. The number of thiophene rings is 1. The van der Waals surface area contributed by atoms with Crippen molar-refractivity contribution in [3.05, 3.63) is 87.8 Å². The Balaban J connectivity index is 1.71. The predicted molar refractivity (Wildman–Crippen MR) is 117 cm³/mol. The Kier molecular flexibility index (Phi) is 5.76. The third-order valence-electron chi connectivity index (χ3n) is 5.43. The Morgan fingerprint density at radius 1 is 0.862 bits per heavy atom. The molecule has 2 amide bonds. The average Bonchev–Trinajstić information content (AvgIpc) is 2.90. The molecule has 3 aromatic rings. The van der Waals surface area contributed by atoms with E-state index in [1.165, 1.54) is 16.2 Å². The van der Waals surface area contributed by atoms with E-state index >= 15 is 0 Å². The average molecular weight is 405 g/mol. The van der Waals surface area contributed by atoms with Crippen LogP contribution in [0.5, 0.6) is 0 Å². The van der Waals surface area contributed by atoms with Crippen molar-refractivity contribution in [1.82, 2.24) is 0 Å². The van der Waals surface area contributed by atoms with E-state index in [0.29, 0.717) is 10.6 Å². The van der Waals surface area contributed by atoms with E-state index in [4.69, 9.17) is 5.73 Å². The fraction of sp³-hybridized carbons (Fsp3) is 0.250. The van der Waals surface area contributed by atoms with Crippen LogP contribution in [0.4, 0.5) is 5.00 Å². The van der Waals surface area contributed by atoms with Crippen molar-refractivity contribution in [2.45, 2.75) is 38.0 Å². The predicted octanol–water partition coefficient (Wildman–Crippen LogP) is 4.89. The molecule has 0 unspecified atom stereocenters. The van der Waals surface area contributed by atoms with E-state index in [1.54, 1.807) is 0 Å². The van der Waals surface area contributed by atoms with Gasteiger partial charge in [-0.25, -0.2) is 0 Å². The number of rotatable bonds is 5. The Morgan fingerprint density at radius 2 is 1.45 bits per heavy atom. The number of carbonyl (C=O) groups excluding carboxylic acids is 2. The first-order chi connectivity index (χ1) is 14.1. The molecule has 1 aromatic heterocycles. The number of nitrogens with one attached hydrogen (secondary N) is 1. The van der Waals surface area contributed by atoms with Gasteiger partial charge in [0.05, 0.1) is 11.5 Å². The van der Waals surface area contributed by atoms with Gasteiger partial charge < -0.3 is 11.1 Å². The number of anilines is 1. The highest BCUT2D eigenvalue weighted by Gasteiger charge is 2.28. The molecule has 0 saturated carbocycles. The molecule has 1 aliphatic rings. The normalized spacial score (nSPS) is 13.6. The minimum Gasteiger partial charge on any atom is -0.365 e. The summed E-state index contributed by atoms with van der Waals surface area (Å²) in [6.07, 6.45) is 5.10. The summed E-state index contributed by atoms with van der Waals surface area (Å²) in [6, 6.07) is 19.4. The molecule has 2 aromatic carbocycles. The molecule has 4 nitrogen and oxygen atoms in total. The van der Waals surface area contributed by atoms with Crippen molar-refractivity contribution in [2.24, 2.45) is 5.73 Å². The minimum absolute atomic E-state index is 0.152. The lowest BCUT2D eigenvalue weighted by Crippen LogP contribution is -2.24. The number of aryl methyl sites for hydroxylation is 1. The van der Waals surface area contributed by atoms with Crippen molar-refractivity contribution in [1.29, 1.82) is 0 Å². The van der Waals surface area contributed by atoms with Crippen molar-refractivity contribution in [3.63, 3.8) is 0 Å². The van der Waals surface area contributed by atoms with Gasteiger partial charge in [0, 0.05) is 4.88 Å². The van der Waals surface area contributed by atoms with Gasteiger partial charge in [0.1, 0.15) is 5.00 Å². The van der Waals surface area contributed by atoms with Gasteiger partial charge in [-0.3, -0.25) is 9.59 Å². The molecule has 0 spiro atoms. The summed E-state index contributed by atoms with van der Waals surface area (Å²) in [5.41, 5.74) is 9.08. The van der Waals surface area contributed by atoms with Gasteiger partial charge in [-0.05, 0) is 42.4 Å². The van der Waals surface area contributed by atoms with Crippen LogP contribution in [0.1, 0.15) is 57.1 Å². The van der Waals surface area contributed by atoms with E-state index in [2.05, 4.69) is 5.32 Å². The first-order valence-corrected chi connectivity index (χ1v) is 10.8. The topological polar surface area (TPSA) is 72.2 Å². The highest BCUT2D eigenvalue weighted by atomic mass is 32.1. The van der Waals surface area contributed by atoms with Gasteiger partial charge in [0.15, 0.2) is 0 Å². The van der Waals surface area contributed by atoms with Crippen molar-refractivity contribution < 1.29 is 9.59 Å². The lowest BCUT2D eigenvalue weighted by molar-refractivity contribution is -0.116. The second kappa shape index (κ2) is 8.62. The largest absolute Gasteiger partial charge is 0.365 e. The molecule has 0 aliphatic heterocycles. The molecule has 1 heterocycles. The summed E-state index contributed by atoms with van der Waals surface area (Å²) >= 11 is 1.51. The SMILES string of the molecule is NC(=O)c1c(NC(=O)C(c2ccccc2)c2ccccc2)sc2c1CCCCC2. The Hall–Kier alpha value is -2.92. The van der Waals surface area contributed by atoms with Gasteiger partial charge >= 0.3 is 0 Å². The van der Waals surface area contributed by atoms with E-state index in [-0.39, 0.29) is 5.91 Å². The van der Waals surface area contributed by atoms with E-state index in [0.717, 1.165) is 48.8 Å². The highest BCUT2D eigenvalue weighted by Crippen LogP contribution is 2.38. The zero-order valence-corrected chi connectivity index (χ0v) is 17.0. The highest BCUT2D eigenvalue weighted by molar-refractivity contribution is 7.17. The quantitative estimate of drug-likeness (QED) is 0.595. The maximum atomic E-state index is 13.4. The molecule has 3 N–H and O–H groups in total. The summed E-state index contributed by atoms with van der Waals surface area (Å²) in [6.45, 7) is 0. The Bertz CT molecular complexity index is 973. The summed E-state index contributed by atoms with van der Waals surface area (Å²) in [5, 5.41) is 3.63. The zero-order chi connectivity index (χ0) is 20.2. The third kappa shape index (κ3) is 4.10. The van der Waals surface area contributed by atoms with Gasteiger partial charge in [-0.15, -0.1) is 11.3 Å². The monoisotopic (exact) mass is 404 g/mol. The molecule has 0 bridgehead atoms. The first kappa shape index (κ1) is 19.4. The Labute approximate surface area is 174 Å². The summed E-state index contributed by atoms with van der Waals surface area (Å²) in [7, 11) is 0. The number of hydrogen-bond acceptors (Lipinski definition) is 3. The van der Waals surface area contributed by atoms with E-state index < -0.39 is 11.8 Å². The summed E-state index contributed by atoms with van der Waals surface area (Å²) in [5.74, 6) is -1.07. The minimum atomic E-state index is -0.462. The molecule has 5 heteroatoms. The molecule has 1 aliphatic carbocycles. The number of carbonyl (C=O) groups is 2. The number of hydrogen-bond donors (Lipinski definition) is 2. The van der Waals surface area contributed by atoms with Gasteiger partial charge in [0.25, 0.3) is 5.91 Å². The van der Waals surface area contributed by atoms with E-state index in [9.17, 15) is 9.59 Å². The smallest absolute Gasteiger partial charge is 0.251 e. The fourth-order valence-electron chi connectivity index (χ4n) is 4.06. The van der Waals surface area contributed by atoms with Crippen LogP contribution >= 0.6 is 11.3 Å². The van der Waals surface area contributed by atoms with E-state index in [1.807, 2.05) is 60.7 Å². The first-order valence-electron chi connectivity index (χ1n) is 10.00. The van der Waals surface area contributed by atoms with Crippen molar-refractivity contribution >= 4 is 28.2 Å². The summed E-state index contributed by atoms with van der Waals surface area (Å²) in [4.78, 5) is 26.8. The maximum absolute atomic E-state index is 13.4. The lowest BCUT2D eigenvalue weighted by Gasteiger charge is -2.18. The lowest BCUT2D eigenvalue weighted by atomic mass is 9.90. The fourth-order valence-corrected chi connectivity index (χ4v) is 5.36. The summed E-state index contributed by atoms with van der Waals surface area (Å²) < 4.78 is 0. The molecule has 0 atom stereocenters. The van der Waals surface area contributed by atoms with Crippen LogP contribution in [-0.2, 0) is 17.6 Å². The Morgan fingerprint density at radius 3 is 2.03 bits per heavy atom. The van der Waals surface area contributed by atoms with Crippen LogP contribution in [0, 0.1) is 0 Å². The van der Waals surface area contributed by atoms with Gasteiger partial charge in [-0.2, -0.15) is 0 Å². The molecular formula is C24H24N2O2S. The second-order valence-corrected chi connectivity index (χ2v) is 8.48. The molecule has 148 valence electrons. The third-order valence-corrected chi connectivity index (χ3v) is 6.64.